The summed E-state index contributed by atoms with van der Waals surface area (Å²) >= 11 is 24.3. The molecular weight excluding hydrogens is 2020 g/mol. The fourth-order valence-electron chi connectivity index (χ4n) is 17.8. The second-order valence-electron chi connectivity index (χ2n) is 36.6. The molecule has 0 aliphatic rings. The highest BCUT2D eigenvalue weighted by atomic mass is 35.5. The van der Waals surface area contributed by atoms with Crippen molar-refractivity contribution >= 4 is 132 Å². The molecule has 0 radical (unpaired) electrons. The number of aromatic nitrogens is 6. The molecule has 3 unspecified atom stereocenters. The summed E-state index contributed by atoms with van der Waals surface area (Å²) in [5.74, 6) is -7.32. The molecule has 3 aromatic heterocycles. The van der Waals surface area contributed by atoms with Gasteiger partial charge in [0.2, 0.25) is 17.7 Å². The van der Waals surface area contributed by atoms with Crippen LogP contribution in [0.1, 0.15) is 135 Å². The van der Waals surface area contributed by atoms with Gasteiger partial charge >= 0.3 is 0 Å². The van der Waals surface area contributed by atoms with Crippen LogP contribution in [0, 0.1) is 46.5 Å². The number of carbonyl (C=O) groups is 6. The number of aliphatic hydroxyl groups is 4. The van der Waals surface area contributed by atoms with E-state index in [-0.39, 0.29) is 107 Å². The summed E-state index contributed by atoms with van der Waals surface area (Å²) in [6, 6.07) is 57.9. The number of rotatable bonds is 45. The number of ketones is 3. The first-order chi connectivity index (χ1) is 71.9. The van der Waals surface area contributed by atoms with Crippen LogP contribution in [0.25, 0.3) is 67.3 Å². The molecule has 12 aromatic carbocycles. The predicted molar refractivity (Wildman–Crippen MR) is 570 cm³/mol. The first-order valence-electron chi connectivity index (χ1n) is 48.7. The fourth-order valence-corrected chi connectivity index (χ4v) is 18.4. The van der Waals surface area contributed by atoms with Crippen molar-refractivity contribution in [3.8, 4) is 34.2 Å². The minimum atomic E-state index is -1.09. The summed E-state index contributed by atoms with van der Waals surface area (Å²) < 4.78 is 118. The van der Waals surface area contributed by atoms with E-state index in [1.807, 2.05) is 91.7 Å². The van der Waals surface area contributed by atoms with Gasteiger partial charge in [0.05, 0.1) is 122 Å². The molecule has 25 nitrogen and oxygen atoms in total. The van der Waals surface area contributed by atoms with E-state index in [4.69, 9.17) is 78.6 Å². The van der Waals surface area contributed by atoms with E-state index < -0.39 is 101 Å². The van der Waals surface area contributed by atoms with Gasteiger partial charge in [0.1, 0.15) is 46.5 Å². The summed E-state index contributed by atoms with van der Waals surface area (Å²) in [5, 5.41) is 48.0. The standard InChI is InChI=1S/C39H41F4N5O2.2C37H37Cl2F2N5O4/c1-4-16-47(17-5-2)29-11-8-27(9-12-29)38-45-36-22-28(10-15-37(36)48(38)23-26-7-14-31(41)33(43)20-26)35(18-24(3)49)46-39(50)34(44)21-25-6-13-30(40)32(42)19-25;1-22(49)16-33(44-37(50)32(42)19-23-2-9-28(38)29(39)17-23)26-6-11-35-34(20-26)43-36(46(35)21-24-3-10-30(40)31(41)18-24)25-4-7-27(8-5-25)45(12-14-47)13-15-48;1-22(49)16-33(44-37(50)32(42)18-23-2-9-29(38)30(39)17-23)25-5-11-35-34(20-25)43-36(46(35)21-26-19-27(40)6-10-31(26)41)24-3-7-28(8-4-24)45(12-14-47)13-15-48/h6-15,19-20,22,34-35H,4-5,16-18,21,23,44H2,1-3H3,(H,46,50);2-11,17-18,20,32-33,47-48H,12-16,19,21,42H2,1H3,(H,44,50);2-11,17,19-20,32-33,47-48H,12-16,18,21,42H2,1H3,(H,44,50)/t34-,35?;2*32-,33?/m000/s1. The van der Waals surface area contributed by atoms with E-state index in [0.29, 0.717) is 136 Å². The Bertz CT molecular complexity index is 7010. The molecule has 786 valence electrons. The second kappa shape index (κ2) is 53.1. The Morgan fingerprint density at radius 2 is 0.613 bits per heavy atom. The van der Waals surface area contributed by atoms with Crippen molar-refractivity contribution in [1.82, 2.24) is 44.6 Å². The van der Waals surface area contributed by atoms with Crippen LogP contribution in [-0.4, -0.2) is 168 Å². The van der Waals surface area contributed by atoms with Crippen molar-refractivity contribution in [3.63, 3.8) is 0 Å². The lowest BCUT2D eigenvalue weighted by Gasteiger charge is -2.24. The molecular formula is C113H115Cl4F8N15O10. The number of carbonyl (C=O) groups excluding carboxylic acids is 6. The van der Waals surface area contributed by atoms with Crippen LogP contribution in [0.5, 0.6) is 0 Å². The molecule has 37 heteroatoms. The lowest BCUT2D eigenvalue weighted by molar-refractivity contribution is -0.125. The van der Waals surface area contributed by atoms with Crippen LogP contribution >= 0.6 is 46.4 Å². The average molecular weight is 2140 g/mol. The van der Waals surface area contributed by atoms with Gasteiger partial charge in [-0.25, -0.2) is 50.1 Å². The number of hydrogen-bond donors (Lipinski definition) is 10. The highest BCUT2D eigenvalue weighted by Crippen LogP contribution is 2.38. The Morgan fingerprint density at radius 1 is 0.327 bits per heavy atom. The zero-order valence-corrected chi connectivity index (χ0v) is 85.9. The minimum absolute atomic E-state index is 0.00154. The number of halogens is 12. The molecule has 0 saturated heterocycles. The number of hydrogen-bond acceptors (Lipinski definition) is 19. The fraction of sp³-hybridized carbons (Fsp3) is 0.283. The van der Waals surface area contributed by atoms with Gasteiger partial charge in [-0.2, -0.15) is 0 Å². The van der Waals surface area contributed by atoms with E-state index in [9.17, 15) is 84.3 Å². The van der Waals surface area contributed by atoms with Gasteiger partial charge in [-0.3, -0.25) is 28.8 Å². The van der Waals surface area contributed by atoms with Crippen molar-refractivity contribution < 1.29 is 84.3 Å². The number of amides is 3. The quantitative estimate of drug-likeness (QED) is 0.0158. The number of fused-ring (bicyclic) bond motifs is 3. The molecule has 3 amide bonds. The maximum Gasteiger partial charge on any atom is 0.237 e. The predicted octanol–water partition coefficient (Wildman–Crippen LogP) is 19.3. The Hall–Kier alpha value is -13.8. The largest absolute Gasteiger partial charge is 0.395 e. The lowest BCUT2D eigenvalue weighted by Crippen LogP contribution is -2.43. The van der Waals surface area contributed by atoms with Crippen LogP contribution in [-0.2, 0) is 67.7 Å². The third kappa shape index (κ3) is 29.7. The van der Waals surface area contributed by atoms with Gasteiger partial charge in [0.15, 0.2) is 34.9 Å². The first kappa shape index (κ1) is 113. The topological polar surface area (TPSA) is 361 Å². The molecule has 0 saturated carbocycles. The minimum Gasteiger partial charge on any atom is -0.395 e. The molecule has 6 atom stereocenters. The first-order valence-corrected chi connectivity index (χ1v) is 50.2. The molecule has 0 bridgehead atoms. The summed E-state index contributed by atoms with van der Waals surface area (Å²) in [6.07, 6.45) is 2.36. The number of anilines is 3. The van der Waals surface area contributed by atoms with E-state index in [1.165, 1.54) is 39.0 Å². The molecule has 15 aromatic rings. The van der Waals surface area contributed by atoms with Gasteiger partial charge in [-0.05, 0) is 285 Å². The third-order valence-corrected chi connectivity index (χ3v) is 26.7. The molecule has 0 spiro atoms. The molecule has 0 aliphatic heterocycles. The van der Waals surface area contributed by atoms with Crippen LogP contribution < -0.4 is 47.9 Å². The summed E-state index contributed by atoms with van der Waals surface area (Å²) in [4.78, 5) is 97.5. The van der Waals surface area contributed by atoms with Gasteiger partial charge in [-0.1, -0.05) is 109 Å². The Morgan fingerprint density at radius 3 is 0.913 bits per heavy atom. The Kier molecular flexibility index (Phi) is 40.1. The van der Waals surface area contributed by atoms with Crippen molar-refractivity contribution in [2.45, 2.75) is 142 Å². The molecule has 3 heterocycles. The number of nitrogens with two attached hydrogens (primary N) is 3. The molecule has 150 heavy (non-hydrogen) atoms. The van der Waals surface area contributed by atoms with Gasteiger partial charge in [0, 0.05) is 111 Å². The third-order valence-electron chi connectivity index (χ3n) is 25.2. The molecule has 0 fully saturated rings. The molecule has 0 aliphatic carbocycles. The van der Waals surface area contributed by atoms with Crippen molar-refractivity contribution in [2.75, 3.05) is 80.4 Å². The van der Waals surface area contributed by atoms with E-state index in [2.05, 4.69) is 46.8 Å². The van der Waals surface area contributed by atoms with Gasteiger partial charge in [0.25, 0.3) is 0 Å². The number of benzene rings is 12. The van der Waals surface area contributed by atoms with Crippen LogP contribution in [0.3, 0.4) is 0 Å². The smallest absolute Gasteiger partial charge is 0.237 e. The monoisotopic (exact) mass is 2130 g/mol. The van der Waals surface area contributed by atoms with E-state index in [0.717, 1.165) is 120 Å². The molecule has 15 rings (SSSR count). The van der Waals surface area contributed by atoms with Gasteiger partial charge < -0.3 is 82.0 Å². The van der Waals surface area contributed by atoms with Crippen LogP contribution in [0.15, 0.2) is 237 Å². The number of nitrogens with one attached hydrogen (secondary N) is 3. The number of Topliss-reactive ketones (excluding diaryl/α,β-unsaturated/α-hetero) is 3. The zero-order valence-electron chi connectivity index (χ0n) is 82.9. The maximum absolute atomic E-state index is 14.9. The summed E-state index contributed by atoms with van der Waals surface area (Å²) in [7, 11) is 0. The average Bonchev–Trinajstić information content (AvgIpc) is 1.63. The lowest BCUT2D eigenvalue weighted by atomic mass is 9.99. The second-order valence-corrected chi connectivity index (χ2v) is 38.2. The number of aliphatic hydroxyl groups excluding tert-OH is 4. The number of imidazole rings is 3. The Labute approximate surface area is 882 Å². The Balaban J connectivity index is 0.000000187. The van der Waals surface area contributed by atoms with Crippen LogP contribution in [0.2, 0.25) is 20.1 Å². The van der Waals surface area contributed by atoms with Gasteiger partial charge in [-0.15, -0.1) is 0 Å². The van der Waals surface area contributed by atoms with Crippen molar-refractivity contribution in [2.24, 2.45) is 17.2 Å². The van der Waals surface area contributed by atoms with Crippen molar-refractivity contribution in [1.29, 1.82) is 0 Å². The zero-order chi connectivity index (χ0) is 108. The SMILES string of the molecule is CC(=O)CC(NC(=O)[C@@H](N)Cc1ccc(Cl)c(Cl)c1)c1ccc2c(c1)nc(-c1ccc(N(CCO)CCO)cc1)n2Cc1cc(F)ccc1F.CC(=O)CC(NC(=O)[C@@H](N)Cc1ccc(Cl)c(Cl)c1)c1ccc2c(c1)nc(-c1ccc(N(CCO)CCO)cc1)n2Cc1ccc(F)c(F)c1.CCCN(CCC)c1ccc(-c2nc3cc(C(CC(C)=O)NC(=O)[C@@H](N)Cc4ccc(F)c(F)c4)ccc3n2Cc2ccc(F)c(F)c2)cc1. The highest BCUT2D eigenvalue weighted by molar-refractivity contribution is 6.42. The van der Waals surface area contributed by atoms with Crippen molar-refractivity contribution in [3.05, 3.63) is 353 Å². The number of nitrogens with zero attached hydrogens (tertiary/aromatic N) is 9. The molecule has 13 N–H and O–H groups in total. The summed E-state index contributed by atoms with van der Waals surface area (Å²) in [5.41, 5.74) is 32.0. The van der Waals surface area contributed by atoms with Crippen LogP contribution in [0.4, 0.5) is 52.2 Å². The van der Waals surface area contributed by atoms with E-state index in [1.54, 1.807) is 83.4 Å². The maximum atomic E-state index is 14.9. The van der Waals surface area contributed by atoms with E-state index >= 15 is 0 Å². The summed E-state index contributed by atoms with van der Waals surface area (Å²) in [6.45, 7) is 11.8. The normalized spacial score (nSPS) is 12.6. The highest BCUT2D eigenvalue weighted by Gasteiger charge is 2.30.